The maximum absolute atomic E-state index is 14.5. The minimum Gasteiger partial charge on any atom is -0.384 e. The molecule has 2 aromatic carbocycles. The Labute approximate surface area is 202 Å². The fourth-order valence-corrected chi connectivity index (χ4v) is 4.09. The number of rotatable bonds is 6. The Bertz CT molecular complexity index is 1190. The molecule has 5 N–H and O–H groups in total. The fourth-order valence-electron chi connectivity index (χ4n) is 4.09. The van der Waals surface area contributed by atoms with Crippen LogP contribution in [0.5, 0.6) is 0 Å². The molecule has 1 saturated heterocycles. The zero-order valence-electron chi connectivity index (χ0n) is 19.0. The van der Waals surface area contributed by atoms with Crippen molar-refractivity contribution in [3.63, 3.8) is 0 Å². The van der Waals surface area contributed by atoms with Gasteiger partial charge in [-0.3, -0.25) is 15.0 Å². The first-order valence-corrected chi connectivity index (χ1v) is 11.3. The van der Waals surface area contributed by atoms with Crippen LogP contribution in [0.4, 0.5) is 10.1 Å². The number of aliphatic hydroxyl groups excluding tert-OH is 1. The van der Waals surface area contributed by atoms with Gasteiger partial charge in [0.25, 0.3) is 11.8 Å². The van der Waals surface area contributed by atoms with Gasteiger partial charge in [0.1, 0.15) is 11.7 Å². The van der Waals surface area contributed by atoms with Crippen molar-refractivity contribution in [3.8, 4) is 0 Å². The number of aliphatic hydroxyl groups is 1. The van der Waals surface area contributed by atoms with Gasteiger partial charge in [0, 0.05) is 30.3 Å². The number of anilines is 1. The highest BCUT2D eigenvalue weighted by atomic mass is 19.1. The Morgan fingerprint density at radius 2 is 1.89 bits per heavy atom. The Morgan fingerprint density at radius 3 is 2.57 bits per heavy atom. The molecule has 2 aromatic rings. The zero-order valence-corrected chi connectivity index (χ0v) is 19.0. The highest BCUT2D eigenvalue weighted by Gasteiger charge is 2.25. The normalized spacial score (nSPS) is 18.5. The summed E-state index contributed by atoms with van der Waals surface area (Å²) in [4.78, 5) is 27.0. The van der Waals surface area contributed by atoms with Crippen LogP contribution in [0.2, 0.25) is 0 Å². The quantitative estimate of drug-likeness (QED) is 0.375. The van der Waals surface area contributed by atoms with Crippen molar-refractivity contribution in [1.82, 2.24) is 4.90 Å². The monoisotopic (exact) mass is 478 g/mol. The van der Waals surface area contributed by atoms with Gasteiger partial charge in [-0.15, -0.1) is 0 Å². The molecular formula is C26H27FN4O4. The van der Waals surface area contributed by atoms with Gasteiger partial charge in [-0.1, -0.05) is 24.3 Å². The van der Waals surface area contributed by atoms with Gasteiger partial charge >= 0.3 is 0 Å². The van der Waals surface area contributed by atoms with Crippen LogP contribution in [0.3, 0.4) is 0 Å². The van der Waals surface area contributed by atoms with Crippen molar-refractivity contribution < 1.29 is 23.8 Å². The number of amides is 2. The summed E-state index contributed by atoms with van der Waals surface area (Å²) in [6.45, 7) is 1.68. The molecule has 2 atom stereocenters. The Balaban J connectivity index is 1.48. The van der Waals surface area contributed by atoms with E-state index >= 15 is 0 Å². The number of halogens is 1. The number of nitrogens with zero attached hydrogens (tertiary/aromatic N) is 1. The molecular weight excluding hydrogens is 451 g/mol. The first kappa shape index (κ1) is 24.3. The van der Waals surface area contributed by atoms with E-state index in [1.54, 1.807) is 53.5 Å². The molecule has 1 aliphatic heterocycles. The summed E-state index contributed by atoms with van der Waals surface area (Å²) in [6, 6.07) is 10.8. The molecule has 1 heterocycles. The maximum Gasteiger partial charge on any atom is 0.257 e. The van der Waals surface area contributed by atoms with E-state index in [2.05, 4.69) is 5.32 Å². The number of allylic oxidation sites excluding steroid dienone is 2. The third-order valence-corrected chi connectivity index (χ3v) is 6.07. The number of morpholine rings is 1. The van der Waals surface area contributed by atoms with Gasteiger partial charge in [-0.05, 0) is 54.0 Å². The van der Waals surface area contributed by atoms with E-state index < -0.39 is 17.8 Å². The number of nitrogens with one attached hydrogen (secondary N) is 2. The van der Waals surface area contributed by atoms with Crippen molar-refractivity contribution in [3.05, 3.63) is 88.8 Å². The van der Waals surface area contributed by atoms with Crippen molar-refractivity contribution in [1.29, 1.82) is 5.41 Å². The lowest BCUT2D eigenvalue weighted by molar-refractivity contribution is -0.122. The summed E-state index contributed by atoms with van der Waals surface area (Å²) in [5, 5.41) is 20.7. The van der Waals surface area contributed by atoms with Gasteiger partial charge < -0.3 is 25.8 Å². The largest absolute Gasteiger partial charge is 0.384 e. The molecule has 0 aromatic heterocycles. The molecule has 182 valence electrons. The lowest BCUT2D eigenvalue weighted by Crippen LogP contribution is -2.41. The zero-order chi connectivity index (χ0) is 24.9. The molecule has 0 bridgehead atoms. The van der Waals surface area contributed by atoms with Gasteiger partial charge in [0.2, 0.25) is 0 Å². The number of hydrogen-bond donors (Lipinski definition) is 4. The summed E-state index contributed by atoms with van der Waals surface area (Å²) < 4.78 is 19.8. The number of carbonyl (C=O) groups excluding carboxylic acids is 2. The van der Waals surface area contributed by atoms with E-state index in [-0.39, 0.29) is 23.2 Å². The number of nitrogen functional groups attached to an aromatic ring is 1. The van der Waals surface area contributed by atoms with Crippen LogP contribution in [-0.2, 0) is 9.53 Å². The number of benzene rings is 2. The van der Waals surface area contributed by atoms with E-state index in [9.17, 15) is 19.1 Å². The highest BCUT2D eigenvalue weighted by Crippen LogP contribution is 2.30. The molecule has 0 radical (unpaired) electrons. The molecule has 35 heavy (non-hydrogen) atoms. The van der Waals surface area contributed by atoms with Gasteiger partial charge in [0.15, 0.2) is 6.10 Å². The summed E-state index contributed by atoms with van der Waals surface area (Å²) in [6.07, 6.45) is 4.45. The minimum absolute atomic E-state index is 0.00111. The molecule has 0 spiro atoms. The van der Waals surface area contributed by atoms with Gasteiger partial charge in [-0.25, -0.2) is 4.39 Å². The lowest BCUT2D eigenvalue weighted by Gasteiger charge is -2.27. The molecule has 9 heteroatoms. The predicted octanol–water partition coefficient (Wildman–Crippen LogP) is 2.55. The Hall–Kier alpha value is -3.82. The fraction of sp³-hybridized carbons (Fsp3) is 0.269. The molecule has 2 amide bonds. The first-order chi connectivity index (χ1) is 16.8. The number of ether oxygens (including phenoxy) is 1. The molecule has 1 fully saturated rings. The van der Waals surface area contributed by atoms with Crippen LogP contribution in [0.25, 0.3) is 0 Å². The molecule has 8 nitrogen and oxygen atoms in total. The van der Waals surface area contributed by atoms with E-state index in [0.29, 0.717) is 49.5 Å². The molecule has 0 saturated carbocycles. The Kier molecular flexibility index (Phi) is 7.38. The van der Waals surface area contributed by atoms with E-state index in [4.69, 9.17) is 15.9 Å². The average Bonchev–Trinajstić information content (AvgIpc) is 2.89. The second kappa shape index (κ2) is 10.6. The van der Waals surface area contributed by atoms with Crippen LogP contribution in [-0.4, -0.2) is 60.1 Å². The number of amidine groups is 1. The van der Waals surface area contributed by atoms with Gasteiger partial charge in [0.05, 0.1) is 18.8 Å². The van der Waals surface area contributed by atoms with Crippen LogP contribution in [0, 0.1) is 11.2 Å². The second-order valence-corrected chi connectivity index (χ2v) is 8.44. The van der Waals surface area contributed by atoms with Crippen LogP contribution in [0.15, 0.2) is 66.3 Å². The number of hydrogen-bond acceptors (Lipinski definition) is 5. The Morgan fingerprint density at radius 1 is 1.17 bits per heavy atom. The minimum atomic E-state index is -1.42. The second-order valence-electron chi connectivity index (χ2n) is 8.44. The van der Waals surface area contributed by atoms with Crippen molar-refractivity contribution >= 4 is 23.3 Å². The van der Waals surface area contributed by atoms with E-state index in [1.807, 2.05) is 6.08 Å². The first-order valence-electron chi connectivity index (χ1n) is 11.3. The van der Waals surface area contributed by atoms with E-state index in [0.717, 1.165) is 5.56 Å². The molecule has 2 unspecified atom stereocenters. The third kappa shape index (κ3) is 5.64. The number of carbonyl (C=O) groups is 2. The van der Waals surface area contributed by atoms with Crippen LogP contribution < -0.4 is 11.1 Å². The summed E-state index contributed by atoms with van der Waals surface area (Å²) in [5.74, 6) is -1.89. The highest BCUT2D eigenvalue weighted by molar-refractivity contribution is 5.98. The molecule has 1 aliphatic carbocycles. The summed E-state index contributed by atoms with van der Waals surface area (Å²) in [7, 11) is 0. The van der Waals surface area contributed by atoms with Crippen LogP contribution in [0.1, 0.15) is 33.8 Å². The summed E-state index contributed by atoms with van der Waals surface area (Å²) in [5.41, 5.74) is 7.55. The molecule has 2 aliphatic rings. The average molecular weight is 479 g/mol. The lowest BCUT2D eigenvalue weighted by atomic mass is 9.87. The summed E-state index contributed by atoms with van der Waals surface area (Å²) >= 11 is 0. The predicted molar refractivity (Wildman–Crippen MR) is 130 cm³/mol. The smallest absolute Gasteiger partial charge is 0.257 e. The standard InChI is InChI=1S/C26H27FN4O4/c27-22-9-6-18(15-21(22)26(34)31-10-12-35-13-11-31)17-2-1-3-19(14-17)23(32)25(33)30-20-7-4-16(5-8-20)24(28)29/h1,3-9,14-15,17,23,32H,2,10-13H2,(H3,28,29)(H,30,33). The SMILES string of the molecule is N=C(N)c1ccc(NC(=O)C(O)C2=CC(c3ccc(F)c(C(=O)N4CCOCC4)c3)CC=C2)cc1. The van der Waals surface area contributed by atoms with Crippen molar-refractivity contribution in [2.45, 2.75) is 18.4 Å². The van der Waals surface area contributed by atoms with Crippen molar-refractivity contribution in [2.75, 3.05) is 31.6 Å². The topological polar surface area (TPSA) is 129 Å². The third-order valence-electron chi connectivity index (χ3n) is 6.07. The van der Waals surface area contributed by atoms with Gasteiger partial charge in [-0.2, -0.15) is 0 Å². The number of nitrogens with two attached hydrogens (primary N) is 1. The van der Waals surface area contributed by atoms with Crippen molar-refractivity contribution in [2.24, 2.45) is 5.73 Å². The van der Waals surface area contributed by atoms with E-state index in [1.165, 1.54) is 6.07 Å². The van der Waals surface area contributed by atoms with Crippen LogP contribution >= 0.6 is 0 Å². The molecule has 4 rings (SSSR count). The maximum atomic E-state index is 14.5.